The number of hydrogen-bond acceptors (Lipinski definition) is 2. The lowest BCUT2D eigenvalue weighted by molar-refractivity contribution is -0.139. The number of rotatable bonds is 8. The van der Waals surface area contributed by atoms with E-state index in [4.69, 9.17) is 0 Å². The summed E-state index contributed by atoms with van der Waals surface area (Å²) in [6.07, 6.45) is 4.32. The first-order valence-electron chi connectivity index (χ1n) is 8.19. The van der Waals surface area contributed by atoms with Gasteiger partial charge in [0.05, 0.1) is 0 Å². The molecule has 4 heteroatoms. The minimum Gasteiger partial charge on any atom is -0.348 e. The van der Waals surface area contributed by atoms with E-state index >= 15 is 0 Å². The summed E-state index contributed by atoms with van der Waals surface area (Å²) in [6.45, 7) is 7.36. The molecule has 4 nitrogen and oxygen atoms in total. The molecule has 0 unspecified atom stereocenters. The first kappa shape index (κ1) is 18.2. The first-order valence-corrected chi connectivity index (χ1v) is 8.19. The van der Waals surface area contributed by atoms with E-state index in [0.717, 1.165) is 31.2 Å². The van der Waals surface area contributed by atoms with E-state index in [1.807, 2.05) is 12.1 Å². The third-order valence-electron chi connectivity index (χ3n) is 3.62. The van der Waals surface area contributed by atoms with Gasteiger partial charge in [-0.25, -0.2) is 0 Å². The second kappa shape index (κ2) is 9.98. The molecule has 0 saturated heterocycles. The van der Waals surface area contributed by atoms with E-state index in [-0.39, 0.29) is 0 Å². The molecule has 2 N–H and O–H groups in total. The zero-order valence-electron chi connectivity index (χ0n) is 13.9. The molecule has 0 aliphatic heterocycles. The smallest absolute Gasteiger partial charge is 0.309 e. The van der Waals surface area contributed by atoms with Gasteiger partial charge in [0, 0.05) is 13.1 Å². The summed E-state index contributed by atoms with van der Waals surface area (Å²) < 4.78 is 0. The maximum atomic E-state index is 11.7. The van der Waals surface area contributed by atoms with Crippen LogP contribution < -0.4 is 10.6 Å². The lowest BCUT2D eigenvalue weighted by Gasteiger charge is -2.08. The van der Waals surface area contributed by atoms with E-state index in [1.165, 1.54) is 5.56 Å². The monoisotopic (exact) mass is 304 g/mol. The topological polar surface area (TPSA) is 58.2 Å². The van der Waals surface area contributed by atoms with Gasteiger partial charge in [-0.15, -0.1) is 0 Å². The summed E-state index contributed by atoms with van der Waals surface area (Å²) >= 11 is 0. The van der Waals surface area contributed by atoms with Gasteiger partial charge in [0.15, 0.2) is 0 Å². The van der Waals surface area contributed by atoms with Gasteiger partial charge in [0.2, 0.25) is 0 Å². The minimum absolute atomic E-state index is 0.375. The van der Waals surface area contributed by atoms with Gasteiger partial charge >= 0.3 is 11.8 Å². The van der Waals surface area contributed by atoms with Crippen LogP contribution in [-0.2, 0) is 16.1 Å². The Kier molecular flexibility index (Phi) is 8.26. The Balaban J connectivity index is 2.28. The third-order valence-corrected chi connectivity index (χ3v) is 3.62. The van der Waals surface area contributed by atoms with Gasteiger partial charge in [-0.1, -0.05) is 64.3 Å². The van der Waals surface area contributed by atoms with Gasteiger partial charge in [-0.2, -0.15) is 0 Å². The van der Waals surface area contributed by atoms with Crippen molar-refractivity contribution in [3.8, 4) is 0 Å². The van der Waals surface area contributed by atoms with E-state index in [1.54, 1.807) is 0 Å². The van der Waals surface area contributed by atoms with Crippen molar-refractivity contribution in [1.29, 1.82) is 0 Å². The molecule has 1 rings (SSSR count). The highest BCUT2D eigenvalue weighted by Crippen LogP contribution is 2.14. The zero-order valence-corrected chi connectivity index (χ0v) is 13.9. The number of carbonyl (C=O) groups is 2. The Labute approximate surface area is 133 Å². The lowest BCUT2D eigenvalue weighted by atomic mass is 10.0. The van der Waals surface area contributed by atoms with Crippen LogP contribution in [0.15, 0.2) is 24.3 Å². The first-order chi connectivity index (χ1) is 10.5. The van der Waals surface area contributed by atoms with Gasteiger partial charge in [-0.3, -0.25) is 9.59 Å². The average molecular weight is 304 g/mol. The standard InChI is InChI=1S/C18H28N2O2/c1-4-5-6-7-12-19-17(21)18(22)20-13-15-8-10-16(11-9-15)14(2)3/h8-11,14H,4-7,12-13H2,1-3H3,(H,19,21)(H,20,22). The maximum Gasteiger partial charge on any atom is 0.309 e. The van der Waals surface area contributed by atoms with Crippen molar-refractivity contribution in [1.82, 2.24) is 10.6 Å². The van der Waals surface area contributed by atoms with Crippen LogP contribution in [-0.4, -0.2) is 18.4 Å². The van der Waals surface area contributed by atoms with Crippen LogP contribution in [0.4, 0.5) is 0 Å². The van der Waals surface area contributed by atoms with Gasteiger partial charge in [0.1, 0.15) is 0 Å². The molecule has 0 spiro atoms. The summed E-state index contributed by atoms with van der Waals surface area (Å²) in [5.41, 5.74) is 2.26. The van der Waals surface area contributed by atoms with Gasteiger partial charge in [-0.05, 0) is 23.5 Å². The molecule has 1 aromatic rings. The molecule has 122 valence electrons. The van der Waals surface area contributed by atoms with Crippen molar-refractivity contribution in [2.75, 3.05) is 6.54 Å². The molecule has 0 aliphatic rings. The van der Waals surface area contributed by atoms with Crippen LogP contribution in [0.1, 0.15) is 63.5 Å². The molecule has 0 saturated carbocycles. The van der Waals surface area contributed by atoms with Crippen molar-refractivity contribution in [3.63, 3.8) is 0 Å². The number of amides is 2. The highest BCUT2D eigenvalue weighted by molar-refractivity contribution is 6.35. The second-order valence-electron chi connectivity index (χ2n) is 5.90. The molecule has 1 aromatic carbocycles. The fraction of sp³-hybridized carbons (Fsp3) is 0.556. The van der Waals surface area contributed by atoms with Crippen LogP contribution in [0, 0.1) is 0 Å². The molecule has 0 bridgehead atoms. The minimum atomic E-state index is -0.566. The quantitative estimate of drug-likeness (QED) is 0.572. The summed E-state index contributed by atoms with van der Waals surface area (Å²) in [5, 5.41) is 5.30. The fourth-order valence-electron chi connectivity index (χ4n) is 2.12. The van der Waals surface area contributed by atoms with Crippen LogP contribution in [0.3, 0.4) is 0 Å². The van der Waals surface area contributed by atoms with E-state index < -0.39 is 11.8 Å². The average Bonchev–Trinajstić information content (AvgIpc) is 2.52. The molecular weight excluding hydrogens is 276 g/mol. The van der Waals surface area contributed by atoms with Crippen LogP contribution >= 0.6 is 0 Å². The van der Waals surface area contributed by atoms with E-state index in [2.05, 4.69) is 43.5 Å². The molecule has 0 atom stereocenters. The van der Waals surface area contributed by atoms with Crippen LogP contribution in [0.25, 0.3) is 0 Å². The van der Waals surface area contributed by atoms with Crippen molar-refractivity contribution in [3.05, 3.63) is 35.4 Å². The summed E-state index contributed by atoms with van der Waals surface area (Å²) in [6, 6.07) is 8.08. The Morgan fingerprint density at radius 1 is 0.955 bits per heavy atom. The van der Waals surface area contributed by atoms with Gasteiger partial charge in [0.25, 0.3) is 0 Å². The Bertz CT molecular complexity index is 466. The largest absolute Gasteiger partial charge is 0.348 e. The normalized spacial score (nSPS) is 10.5. The SMILES string of the molecule is CCCCCCNC(=O)C(=O)NCc1ccc(C(C)C)cc1. The number of unbranched alkanes of at least 4 members (excludes halogenated alkanes) is 3. The molecule has 0 heterocycles. The zero-order chi connectivity index (χ0) is 16.4. The molecular formula is C18H28N2O2. The van der Waals surface area contributed by atoms with Crippen molar-refractivity contribution >= 4 is 11.8 Å². The van der Waals surface area contributed by atoms with Crippen molar-refractivity contribution in [2.45, 2.75) is 58.9 Å². The number of benzene rings is 1. The van der Waals surface area contributed by atoms with Gasteiger partial charge < -0.3 is 10.6 Å². The molecule has 0 fully saturated rings. The molecule has 0 aliphatic carbocycles. The summed E-state index contributed by atoms with van der Waals surface area (Å²) in [5.74, 6) is -0.624. The highest BCUT2D eigenvalue weighted by Gasteiger charge is 2.12. The molecule has 0 aromatic heterocycles. The van der Waals surface area contributed by atoms with Crippen LogP contribution in [0.5, 0.6) is 0 Å². The van der Waals surface area contributed by atoms with Crippen molar-refractivity contribution in [2.24, 2.45) is 0 Å². The van der Waals surface area contributed by atoms with E-state index in [9.17, 15) is 9.59 Å². The molecule has 0 radical (unpaired) electrons. The van der Waals surface area contributed by atoms with E-state index in [0.29, 0.717) is 19.0 Å². The lowest BCUT2D eigenvalue weighted by Crippen LogP contribution is -2.39. The summed E-state index contributed by atoms with van der Waals surface area (Å²) in [7, 11) is 0. The highest BCUT2D eigenvalue weighted by atomic mass is 16.2. The van der Waals surface area contributed by atoms with Crippen LogP contribution in [0.2, 0.25) is 0 Å². The molecule has 2 amide bonds. The number of carbonyl (C=O) groups excluding carboxylic acids is 2. The Hall–Kier alpha value is -1.84. The third kappa shape index (κ3) is 6.74. The summed E-state index contributed by atoms with van der Waals surface area (Å²) in [4.78, 5) is 23.3. The number of hydrogen-bond donors (Lipinski definition) is 2. The molecule has 22 heavy (non-hydrogen) atoms. The number of nitrogens with one attached hydrogen (secondary N) is 2. The Morgan fingerprint density at radius 3 is 2.18 bits per heavy atom. The second-order valence-corrected chi connectivity index (χ2v) is 5.90. The maximum absolute atomic E-state index is 11.7. The fourth-order valence-corrected chi connectivity index (χ4v) is 2.12. The predicted molar refractivity (Wildman–Crippen MR) is 89.5 cm³/mol. The van der Waals surface area contributed by atoms with Crippen molar-refractivity contribution < 1.29 is 9.59 Å². The predicted octanol–water partition coefficient (Wildman–Crippen LogP) is 3.12. The Morgan fingerprint density at radius 2 is 1.59 bits per heavy atom.